The Morgan fingerprint density at radius 3 is 2.46 bits per heavy atom. The van der Waals surface area contributed by atoms with Gasteiger partial charge in [0.2, 0.25) is 0 Å². The fraction of sp³-hybridized carbons (Fsp3) is 0.179. The molecule has 3 aromatic carbocycles. The standard InChI is InChI=1S/C28H23BrFNO4/c1-3-35-25-10-7-18(19-6-5-17(2)23(14-19)27(33)34)13-20(25)16-28(11-4-12-31-28)26(32)22-9-8-21(29)15-24(22)30/h4-15H,3,16H2,1-2H3,(H,33,34). The lowest BCUT2D eigenvalue weighted by Crippen LogP contribution is -2.36. The molecule has 1 aliphatic rings. The minimum absolute atomic E-state index is 0.0457. The molecule has 0 amide bonds. The van der Waals surface area contributed by atoms with Gasteiger partial charge in [0.25, 0.3) is 0 Å². The van der Waals surface area contributed by atoms with Crippen LogP contribution in [0.5, 0.6) is 5.75 Å². The zero-order chi connectivity index (χ0) is 25.2. The van der Waals surface area contributed by atoms with E-state index in [2.05, 4.69) is 20.9 Å². The van der Waals surface area contributed by atoms with Crippen LogP contribution in [0.2, 0.25) is 0 Å². The topological polar surface area (TPSA) is 76.0 Å². The lowest BCUT2D eigenvalue weighted by atomic mass is 9.83. The van der Waals surface area contributed by atoms with E-state index >= 15 is 0 Å². The first-order chi connectivity index (χ1) is 16.7. The predicted octanol–water partition coefficient (Wildman–Crippen LogP) is 6.47. The summed E-state index contributed by atoms with van der Waals surface area (Å²) >= 11 is 3.22. The first-order valence-electron chi connectivity index (χ1n) is 11.1. The van der Waals surface area contributed by atoms with Crippen molar-refractivity contribution in [2.24, 2.45) is 4.99 Å². The minimum atomic E-state index is -1.32. The van der Waals surface area contributed by atoms with Crippen LogP contribution in [0.25, 0.3) is 11.1 Å². The van der Waals surface area contributed by atoms with E-state index in [0.29, 0.717) is 28.0 Å². The average Bonchev–Trinajstić information content (AvgIpc) is 3.30. The number of nitrogens with zero attached hydrogens (tertiary/aromatic N) is 1. The zero-order valence-electron chi connectivity index (χ0n) is 19.2. The summed E-state index contributed by atoms with van der Waals surface area (Å²) in [5, 5.41) is 9.52. The van der Waals surface area contributed by atoms with Gasteiger partial charge in [-0.15, -0.1) is 0 Å². The molecule has 1 atom stereocenters. The molecule has 35 heavy (non-hydrogen) atoms. The monoisotopic (exact) mass is 535 g/mol. The number of Topliss-reactive ketones (excluding diaryl/α,β-unsaturated/α-hetero) is 1. The van der Waals surface area contributed by atoms with Crippen LogP contribution in [0.1, 0.15) is 38.8 Å². The van der Waals surface area contributed by atoms with Crippen molar-refractivity contribution in [3.05, 3.63) is 99.3 Å². The largest absolute Gasteiger partial charge is 0.494 e. The molecule has 1 heterocycles. The number of carbonyl (C=O) groups is 2. The third-order valence-electron chi connectivity index (χ3n) is 5.95. The van der Waals surface area contributed by atoms with E-state index in [9.17, 15) is 19.1 Å². The van der Waals surface area contributed by atoms with Gasteiger partial charge in [0.1, 0.15) is 17.1 Å². The molecule has 3 aromatic rings. The van der Waals surface area contributed by atoms with Crippen LogP contribution in [0, 0.1) is 12.7 Å². The van der Waals surface area contributed by atoms with Crippen LogP contribution in [0.4, 0.5) is 4.39 Å². The second-order valence-electron chi connectivity index (χ2n) is 8.28. The van der Waals surface area contributed by atoms with Gasteiger partial charge in [-0.1, -0.05) is 34.1 Å². The summed E-state index contributed by atoms with van der Waals surface area (Å²) < 4.78 is 21.1. The number of carbonyl (C=O) groups excluding carboxylic acids is 1. The molecule has 0 fully saturated rings. The van der Waals surface area contributed by atoms with Gasteiger partial charge in [0, 0.05) is 17.1 Å². The van der Waals surface area contributed by atoms with Gasteiger partial charge in [0.15, 0.2) is 5.78 Å². The Labute approximate surface area is 211 Å². The molecule has 7 heteroatoms. The van der Waals surface area contributed by atoms with Crippen molar-refractivity contribution in [1.29, 1.82) is 0 Å². The Morgan fingerprint density at radius 1 is 1.06 bits per heavy atom. The molecule has 178 valence electrons. The van der Waals surface area contributed by atoms with Crippen LogP contribution in [-0.4, -0.2) is 35.2 Å². The molecular formula is C28H23BrFNO4. The maximum Gasteiger partial charge on any atom is 0.335 e. The molecule has 1 N–H and O–H groups in total. The number of aliphatic imine (C=N–C) groups is 1. The van der Waals surface area contributed by atoms with E-state index < -0.39 is 23.1 Å². The van der Waals surface area contributed by atoms with Gasteiger partial charge in [-0.25, -0.2) is 9.18 Å². The minimum Gasteiger partial charge on any atom is -0.494 e. The number of hydrogen-bond acceptors (Lipinski definition) is 4. The van der Waals surface area contributed by atoms with Crippen molar-refractivity contribution in [3.8, 4) is 16.9 Å². The van der Waals surface area contributed by atoms with Crippen molar-refractivity contribution in [2.75, 3.05) is 6.61 Å². The third kappa shape index (κ3) is 4.95. The highest BCUT2D eigenvalue weighted by molar-refractivity contribution is 9.10. The maximum atomic E-state index is 14.7. The molecule has 0 spiro atoms. The van der Waals surface area contributed by atoms with E-state index in [-0.39, 0.29) is 17.5 Å². The number of rotatable bonds is 8. The van der Waals surface area contributed by atoms with Crippen molar-refractivity contribution in [1.82, 2.24) is 0 Å². The number of ether oxygens (including phenoxy) is 1. The smallest absolute Gasteiger partial charge is 0.335 e. The Kier molecular flexibility index (Phi) is 6.98. The number of carboxylic acids is 1. The SMILES string of the molecule is CCOc1ccc(-c2ccc(C)c(C(=O)O)c2)cc1CC1(C(=O)c2ccc(Br)cc2F)C=CC=N1. The van der Waals surface area contributed by atoms with E-state index in [4.69, 9.17) is 4.74 Å². The quantitative estimate of drug-likeness (QED) is 0.335. The fourth-order valence-corrected chi connectivity index (χ4v) is 4.50. The van der Waals surface area contributed by atoms with Crippen molar-refractivity contribution >= 4 is 33.9 Å². The van der Waals surface area contributed by atoms with Gasteiger partial charge in [-0.2, -0.15) is 0 Å². The molecule has 1 aliphatic heterocycles. The molecule has 4 rings (SSSR count). The van der Waals surface area contributed by atoms with Crippen LogP contribution < -0.4 is 4.74 Å². The molecule has 0 saturated carbocycles. The molecule has 0 aromatic heterocycles. The molecular weight excluding hydrogens is 513 g/mol. The Balaban J connectivity index is 1.78. The summed E-state index contributed by atoms with van der Waals surface area (Å²) in [6, 6.07) is 15.1. The average molecular weight is 536 g/mol. The summed E-state index contributed by atoms with van der Waals surface area (Å²) in [5.74, 6) is -1.49. The van der Waals surface area contributed by atoms with Crippen LogP contribution in [-0.2, 0) is 6.42 Å². The second-order valence-corrected chi connectivity index (χ2v) is 9.20. The normalized spacial score (nSPS) is 16.5. The number of halogens is 2. The number of benzene rings is 3. The molecule has 0 bridgehead atoms. The highest BCUT2D eigenvalue weighted by atomic mass is 79.9. The highest BCUT2D eigenvalue weighted by Gasteiger charge is 2.39. The highest BCUT2D eigenvalue weighted by Crippen LogP contribution is 2.35. The van der Waals surface area contributed by atoms with E-state index in [0.717, 1.165) is 11.1 Å². The lowest BCUT2D eigenvalue weighted by Gasteiger charge is -2.25. The van der Waals surface area contributed by atoms with Crippen molar-refractivity contribution in [3.63, 3.8) is 0 Å². The van der Waals surface area contributed by atoms with Gasteiger partial charge in [-0.05, 0) is 84.7 Å². The third-order valence-corrected chi connectivity index (χ3v) is 6.45. The van der Waals surface area contributed by atoms with E-state index in [1.54, 1.807) is 43.3 Å². The fourth-order valence-electron chi connectivity index (χ4n) is 4.16. The second kappa shape index (κ2) is 9.96. The summed E-state index contributed by atoms with van der Waals surface area (Å²) in [6.45, 7) is 4.03. The Bertz CT molecular complexity index is 1370. The van der Waals surface area contributed by atoms with Gasteiger partial charge in [-0.3, -0.25) is 9.79 Å². The first-order valence-corrected chi connectivity index (χ1v) is 11.9. The maximum absolute atomic E-state index is 14.7. The molecule has 5 nitrogen and oxygen atoms in total. The predicted molar refractivity (Wildman–Crippen MR) is 137 cm³/mol. The van der Waals surface area contributed by atoms with Crippen LogP contribution in [0.15, 0.2) is 76.2 Å². The van der Waals surface area contributed by atoms with E-state index in [1.807, 2.05) is 25.1 Å². The van der Waals surface area contributed by atoms with Crippen LogP contribution in [0.3, 0.4) is 0 Å². The first kappa shape index (κ1) is 24.5. The lowest BCUT2D eigenvalue weighted by molar-refractivity contribution is 0.0696. The van der Waals surface area contributed by atoms with Crippen LogP contribution >= 0.6 is 15.9 Å². The summed E-state index contributed by atoms with van der Waals surface area (Å²) in [5.41, 5.74) is 1.72. The number of hydrogen-bond donors (Lipinski definition) is 1. The van der Waals surface area contributed by atoms with Crippen molar-refractivity contribution < 1.29 is 23.8 Å². The van der Waals surface area contributed by atoms with Crippen molar-refractivity contribution in [2.45, 2.75) is 25.8 Å². The molecule has 0 saturated heterocycles. The number of allylic oxidation sites excluding steroid dienone is 1. The van der Waals surface area contributed by atoms with Gasteiger partial charge in [0.05, 0.1) is 17.7 Å². The summed E-state index contributed by atoms with van der Waals surface area (Å²) in [6.07, 6.45) is 5.04. The zero-order valence-corrected chi connectivity index (χ0v) is 20.8. The number of aryl methyl sites for hydroxylation is 1. The van der Waals surface area contributed by atoms with Gasteiger partial charge >= 0.3 is 5.97 Å². The van der Waals surface area contributed by atoms with Gasteiger partial charge < -0.3 is 9.84 Å². The summed E-state index contributed by atoms with van der Waals surface area (Å²) in [7, 11) is 0. The Morgan fingerprint density at radius 2 is 1.80 bits per heavy atom. The number of aromatic carboxylic acids is 1. The molecule has 0 radical (unpaired) electrons. The molecule has 1 unspecified atom stereocenters. The number of carboxylic acid groups (broad SMARTS) is 1. The summed E-state index contributed by atoms with van der Waals surface area (Å²) in [4.78, 5) is 29.6. The number of ketones is 1. The Hall–Kier alpha value is -3.58. The van der Waals surface area contributed by atoms with E-state index in [1.165, 1.54) is 18.3 Å². The molecule has 0 aliphatic carbocycles.